The number of benzene rings is 2. The second-order valence-electron chi connectivity index (χ2n) is 6.95. The van der Waals surface area contributed by atoms with Crippen molar-refractivity contribution in [2.75, 3.05) is 38.8 Å². The number of carbonyl (C=O) groups excluding carboxylic acids is 1. The molecule has 136 valence electrons. The lowest BCUT2D eigenvalue weighted by Gasteiger charge is -2.36. The number of nitrogens with zero attached hydrogens (tertiary/aromatic N) is 1. The van der Waals surface area contributed by atoms with Gasteiger partial charge in [0.2, 0.25) is 5.91 Å². The van der Waals surface area contributed by atoms with E-state index in [1.807, 2.05) is 29.2 Å². The van der Waals surface area contributed by atoms with Gasteiger partial charge in [-0.15, -0.1) is 0 Å². The Morgan fingerprint density at radius 1 is 1.12 bits per heavy atom. The van der Waals surface area contributed by atoms with Crippen molar-refractivity contribution in [1.82, 2.24) is 5.32 Å². The van der Waals surface area contributed by atoms with Gasteiger partial charge in [0.25, 0.3) is 0 Å². The summed E-state index contributed by atoms with van der Waals surface area (Å²) in [6.07, 6.45) is 0.347. The van der Waals surface area contributed by atoms with Crippen LogP contribution in [0.3, 0.4) is 0 Å². The van der Waals surface area contributed by atoms with E-state index in [1.54, 1.807) is 14.2 Å². The van der Waals surface area contributed by atoms with Gasteiger partial charge in [-0.3, -0.25) is 4.79 Å². The zero-order valence-electron chi connectivity index (χ0n) is 15.2. The maximum atomic E-state index is 13.1. The Bertz CT molecular complexity index is 821. The van der Waals surface area contributed by atoms with Gasteiger partial charge in [-0.2, -0.15) is 0 Å². The molecule has 2 aliphatic rings. The van der Waals surface area contributed by atoms with Crippen molar-refractivity contribution in [1.29, 1.82) is 0 Å². The molecule has 5 heteroatoms. The van der Waals surface area contributed by atoms with E-state index in [2.05, 4.69) is 23.5 Å². The van der Waals surface area contributed by atoms with Gasteiger partial charge in [-0.25, -0.2) is 0 Å². The van der Waals surface area contributed by atoms with Crippen molar-refractivity contribution in [3.63, 3.8) is 0 Å². The summed E-state index contributed by atoms with van der Waals surface area (Å²) < 4.78 is 10.6. The predicted octanol–water partition coefficient (Wildman–Crippen LogP) is 2.60. The van der Waals surface area contributed by atoms with Crippen molar-refractivity contribution in [3.05, 3.63) is 53.6 Å². The maximum absolute atomic E-state index is 13.1. The number of hydrogen-bond acceptors (Lipinski definition) is 4. The van der Waals surface area contributed by atoms with E-state index in [9.17, 15) is 4.79 Å². The summed E-state index contributed by atoms with van der Waals surface area (Å²) in [6.45, 7) is 2.75. The lowest BCUT2D eigenvalue weighted by atomic mass is 9.83. The zero-order valence-corrected chi connectivity index (χ0v) is 15.2. The van der Waals surface area contributed by atoms with E-state index < -0.39 is 0 Å². The number of hydrogen-bond donors (Lipinski definition) is 1. The normalized spacial score (nSPS) is 21.1. The van der Waals surface area contributed by atoms with Crippen LogP contribution in [-0.2, 0) is 11.2 Å². The number of fused-ring (bicyclic) bond motifs is 3. The van der Waals surface area contributed by atoms with Crippen molar-refractivity contribution in [3.8, 4) is 11.5 Å². The monoisotopic (exact) mass is 352 g/mol. The highest BCUT2D eigenvalue weighted by molar-refractivity contribution is 5.96. The highest BCUT2D eigenvalue weighted by Gasteiger charge is 2.38. The number of para-hydroxylation sites is 1. The number of carbonyl (C=O) groups is 1. The van der Waals surface area contributed by atoms with Crippen molar-refractivity contribution < 1.29 is 14.3 Å². The number of rotatable bonds is 4. The molecular weight excluding hydrogens is 328 g/mol. The van der Waals surface area contributed by atoms with Crippen LogP contribution in [0.1, 0.15) is 17.0 Å². The Morgan fingerprint density at radius 3 is 2.73 bits per heavy atom. The molecule has 0 unspecified atom stereocenters. The summed E-state index contributed by atoms with van der Waals surface area (Å²) in [5.41, 5.74) is 3.27. The Morgan fingerprint density at radius 2 is 1.92 bits per heavy atom. The molecule has 1 amide bonds. The van der Waals surface area contributed by atoms with Gasteiger partial charge < -0.3 is 19.7 Å². The fourth-order valence-corrected chi connectivity index (χ4v) is 4.17. The van der Waals surface area contributed by atoms with Crippen LogP contribution >= 0.6 is 0 Å². The lowest BCUT2D eigenvalue weighted by Crippen LogP contribution is -2.42. The molecule has 0 aliphatic carbocycles. The lowest BCUT2D eigenvalue weighted by molar-refractivity contribution is -0.118. The SMILES string of the molecule is COc1ccc(CC(=O)N2C[C@@H]3CNC[C@H]3c3ccccc32)cc1OC. The summed E-state index contributed by atoms with van der Waals surface area (Å²) in [5.74, 6) is 2.44. The molecule has 1 saturated heterocycles. The van der Waals surface area contributed by atoms with Gasteiger partial charge in [0.1, 0.15) is 0 Å². The first-order valence-electron chi connectivity index (χ1n) is 9.02. The molecule has 4 rings (SSSR count). The number of methoxy groups -OCH3 is 2. The third kappa shape index (κ3) is 2.92. The first-order valence-corrected chi connectivity index (χ1v) is 9.02. The van der Waals surface area contributed by atoms with E-state index in [0.717, 1.165) is 30.9 Å². The van der Waals surface area contributed by atoms with Gasteiger partial charge >= 0.3 is 0 Å². The molecule has 2 aromatic rings. The van der Waals surface area contributed by atoms with Crippen LogP contribution in [0, 0.1) is 5.92 Å². The number of amides is 1. The summed E-state index contributed by atoms with van der Waals surface area (Å²) in [6, 6.07) is 14.0. The van der Waals surface area contributed by atoms with Gasteiger partial charge in [-0.05, 0) is 35.2 Å². The quantitative estimate of drug-likeness (QED) is 0.919. The molecule has 1 N–H and O–H groups in total. The summed E-state index contributed by atoms with van der Waals surface area (Å²) >= 11 is 0. The average molecular weight is 352 g/mol. The molecular formula is C21H24N2O3. The molecule has 5 nitrogen and oxygen atoms in total. The molecule has 1 fully saturated rings. The van der Waals surface area contributed by atoms with Crippen LogP contribution in [0.2, 0.25) is 0 Å². The summed E-state index contributed by atoms with van der Waals surface area (Å²) in [5, 5.41) is 3.47. The summed E-state index contributed by atoms with van der Waals surface area (Å²) in [7, 11) is 3.22. The Balaban J connectivity index is 1.60. The van der Waals surface area contributed by atoms with Gasteiger partial charge in [0, 0.05) is 31.2 Å². The molecule has 0 spiro atoms. The Hall–Kier alpha value is -2.53. The summed E-state index contributed by atoms with van der Waals surface area (Å²) in [4.78, 5) is 15.1. The third-order valence-electron chi connectivity index (χ3n) is 5.49. The fourth-order valence-electron chi connectivity index (χ4n) is 4.17. The van der Waals surface area contributed by atoms with E-state index in [0.29, 0.717) is 29.8 Å². The van der Waals surface area contributed by atoms with E-state index in [1.165, 1.54) is 5.56 Å². The largest absolute Gasteiger partial charge is 0.493 e. The Labute approximate surface area is 153 Å². The molecule has 26 heavy (non-hydrogen) atoms. The van der Waals surface area contributed by atoms with Crippen LogP contribution in [0.4, 0.5) is 5.69 Å². The van der Waals surface area contributed by atoms with Crippen LogP contribution in [0.25, 0.3) is 0 Å². The van der Waals surface area contributed by atoms with Crippen LogP contribution < -0.4 is 19.7 Å². The zero-order chi connectivity index (χ0) is 18.1. The topological polar surface area (TPSA) is 50.8 Å². The van der Waals surface area contributed by atoms with Gasteiger partial charge in [-0.1, -0.05) is 24.3 Å². The van der Waals surface area contributed by atoms with Crippen LogP contribution in [0.15, 0.2) is 42.5 Å². The fraction of sp³-hybridized carbons (Fsp3) is 0.381. The first kappa shape index (κ1) is 16.9. The molecule has 0 saturated carbocycles. The van der Waals surface area contributed by atoms with Crippen molar-refractivity contribution in [2.24, 2.45) is 5.92 Å². The smallest absolute Gasteiger partial charge is 0.231 e. The van der Waals surface area contributed by atoms with E-state index in [-0.39, 0.29) is 5.91 Å². The van der Waals surface area contributed by atoms with E-state index in [4.69, 9.17) is 9.47 Å². The third-order valence-corrected chi connectivity index (χ3v) is 5.49. The Kier molecular flexibility index (Phi) is 4.55. The molecule has 2 aliphatic heterocycles. The minimum Gasteiger partial charge on any atom is -0.493 e. The van der Waals surface area contributed by atoms with Crippen molar-refractivity contribution in [2.45, 2.75) is 12.3 Å². The van der Waals surface area contributed by atoms with E-state index >= 15 is 0 Å². The molecule has 2 atom stereocenters. The standard InChI is InChI=1S/C21H24N2O3/c1-25-19-8-7-14(9-20(19)26-2)10-21(24)23-13-15-11-22-12-17(15)16-5-3-4-6-18(16)23/h3-9,15,17,22H,10-13H2,1-2H3/t15-,17+/m0/s1. The van der Waals surface area contributed by atoms with Crippen molar-refractivity contribution >= 4 is 11.6 Å². The maximum Gasteiger partial charge on any atom is 0.231 e. The van der Waals surface area contributed by atoms with Crippen LogP contribution in [-0.4, -0.2) is 39.8 Å². The first-order chi connectivity index (χ1) is 12.7. The highest BCUT2D eigenvalue weighted by Crippen LogP contribution is 2.40. The van der Waals surface area contributed by atoms with Crippen LogP contribution in [0.5, 0.6) is 11.5 Å². The number of anilines is 1. The highest BCUT2D eigenvalue weighted by atomic mass is 16.5. The molecule has 2 heterocycles. The minimum absolute atomic E-state index is 0.120. The molecule has 0 radical (unpaired) electrons. The predicted molar refractivity (Wildman–Crippen MR) is 101 cm³/mol. The second-order valence-corrected chi connectivity index (χ2v) is 6.95. The van der Waals surface area contributed by atoms with Gasteiger partial charge in [0.05, 0.1) is 20.6 Å². The van der Waals surface area contributed by atoms with Gasteiger partial charge in [0.15, 0.2) is 11.5 Å². The number of nitrogens with one attached hydrogen (secondary N) is 1. The molecule has 2 aromatic carbocycles. The average Bonchev–Trinajstić information content (AvgIpc) is 3.16. The molecule has 0 aromatic heterocycles. The molecule has 0 bridgehead atoms. The number of ether oxygens (including phenoxy) is 2. The second kappa shape index (κ2) is 7.00. The minimum atomic E-state index is 0.120.